The molecule has 7 nitrogen and oxygen atoms in total. The minimum Gasteiger partial charge on any atom is -0.493 e. The van der Waals surface area contributed by atoms with Gasteiger partial charge in [-0.2, -0.15) is 0 Å². The number of carbonyl (C=O) groups is 1. The van der Waals surface area contributed by atoms with Gasteiger partial charge in [0.1, 0.15) is 5.82 Å². The normalized spacial score (nSPS) is 10.9. The van der Waals surface area contributed by atoms with E-state index >= 15 is 0 Å². The minimum atomic E-state index is -0.386. The monoisotopic (exact) mass is 495 g/mol. The molecule has 32 heavy (non-hydrogen) atoms. The number of aromatic nitrogens is 2. The molecule has 0 atom stereocenters. The molecule has 0 aliphatic rings. The molecule has 2 aromatic carbocycles. The SMILES string of the molecule is COc1cc(/C=C/C(=O)Nc2nnc(SCc3c(F)cccc3Cl)s2)cc(OC)c1OC. The molecule has 0 bridgehead atoms. The number of amides is 1. The van der Waals surface area contributed by atoms with Crippen LogP contribution >= 0.6 is 34.7 Å². The van der Waals surface area contributed by atoms with Crippen molar-refractivity contribution in [3.63, 3.8) is 0 Å². The van der Waals surface area contributed by atoms with Crippen LogP contribution in [0.5, 0.6) is 17.2 Å². The summed E-state index contributed by atoms with van der Waals surface area (Å²) in [5.41, 5.74) is 1.08. The number of anilines is 1. The third-order valence-corrected chi connectivity index (χ3v) is 6.51. The first-order valence-electron chi connectivity index (χ1n) is 9.13. The van der Waals surface area contributed by atoms with Crippen molar-refractivity contribution >= 4 is 51.8 Å². The number of thioether (sulfide) groups is 1. The molecule has 0 aliphatic heterocycles. The molecule has 1 amide bonds. The number of carbonyl (C=O) groups excluding carboxylic acids is 1. The van der Waals surface area contributed by atoms with Crippen LogP contribution in [0.15, 0.2) is 40.7 Å². The van der Waals surface area contributed by atoms with Gasteiger partial charge < -0.3 is 14.2 Å². The number of ether oxygens (including phenoxy) is 3. The third-order valence-electron chi connectivity index (χ3n) is 4.15. The van der Waals surface area contributed by atoms with Gasteiger partial charge in [-0.3, -0.25) is 10.1 Å². The summed E-state index contributed by atoms with van der Waals surface area (Å²) in [6.45, 7) is 0. The average Bonchev–Trinajstić information content (AvgIpc) is 3.23. The zero-order valence-corrected chi connectivity index (χ0v) is 19.7. The van der Waals surface area contributed by atoms with Crippen LogP contribution in [-0.2, 0) is 10.5 Å². The fraction of sp³-hybridized carbons (Fsp3) is 0.190. The van der Waals surface area contributed by atoms with Crippen LogP contribution < -0.4 is 19.5 Å². The zero-order chi connectivity index (χ0) is 23.1. The van der Waals surface area contributed by atoms with Crippen molar-refractivity contribution in [2.75, 3.05) is 26.6 Å². The molecule has 11 heteroatoms. The largest absolute Gasteiger partial charge is 0.493 e. The standard InChI is InChI=1S/C21H19ClFN3O4S2/c1-28-16-9-12(10-17(29-2)19(16)30-3)7-8-18(27)24-20-25-26-21(32-20)31-11-13-14(22)5-4-6-15(13)23/h4-10H,11H2,1-3H3,(H,24,25,27)/b8-7+. The van der Waals surface area contributed by atoms with E-state index in [4.69, 9.17) is 25.8 Å². The molecular weight excluding hydrogens is 477 g/mol. The predicted octanol–water partition coefficient (Wildman–Crippen LogP) is 5.30. The maximum atomic E-state index is 13.9. The molecule has 0 fully saturated rings. The smallest absolute Gasteiger partial charge is 0.250 e. The molecule has 1 heterocycles. The topological polar surface area (TPSA) is 82.6 Å². The Hall–Kier alpha value is -2.82. The quantitative estimate of drug-likeness (QED) is 0.245. The van der Waals surface area contributed by atoms with Crippen molar-refractivity contribution < 1.29 is 23.4 Å². The second-order valence-corrected chi connectivity index (χ2v) is 8.75. The summed E-state index contributed by atoms with van der Waals surface area (Å²) in [6, 6.07) is 7.98. The van der Waals surface area contributed by atoms with Gasteiger partial charge in [0.2, 0.25) is 16.8 Å². The van der Waals surface area contributed by atoms with Crippen LogP contribution in [0.2, 0.25) is 5.02 Å². The van der Waals surface area contributed by atoms with Gasteiger partial charge in [-0.1, -0.05) is 40.8 Å². The van der Waals surface area contributed by atoms with Crippen LogP contribution in [0, 0.1) is 5.82 Å². The van der Waals surface area contributed by atoms with E-state index in [9.17, 15) is 9.18 Å². The van der Waals surface area contributed by atoms with Gasteiger partial charge in [-0.15, -0.1) is 10.2 Å². The highest BCUT2D eigenvalue weighted by Gasteiger charge is 2.13. The maximum Gasteiger partial charge on any atom is 0.250 e. The number of halogens is 2. The number of nitrogens with zero attached hydrogens (tertiary/aromatic N) is 2. The lowest BCUT2D eigenvalue weighted by Gasteiger charge is -2.12. The minimum absolute atomic E-state index is 0.301. The molecule has 0 radical (unpaired) electrons. The molecule has 0 saturated heterocycles. The van der Waals surface area contributed by atoms with E-state index in [0.29, 0.717) is 48.6 Å². The molecule has 1 aromatic heterocycles. The summed E-state index contributed by atoms with van der Waals surface area (Å²) in [5.74, 6) is 0.964. The zero-order valence-electron chi connectivity index (χ0n) is 17.3. The summed E-state index contributed by atoms with van der Waals surface area (Å²) in [4.78, 5) is 12.3. The Morgan fingerprint density at radius 3 is 2.53 bits per heavy atom. The van der Waals surface area contributed by atoms with Crippen molar-refractivity contribution in [1.82, 2.24) is 10.2 Å². The van der Waals surface area contributed by atoms with E-state index in [2.05, 4.69) is 15.5 Å². The molecule has 0 spiro atoms. The molecule has 0 saturated carbocycles. The molecule has 0 aliphatic carbocycles. The fourth-order valence-corrected chi connectivity index (χ4v) is 4.74. The van der Waals surface area contributed by atoms with E-state index in [1.807, 2.05) is 0 Å². The lowest BCUT2D eigenvalue weighted by atomic mass is 10.1. The Morgan fingerprint density at radius 1 is 1.19 bits per heavy atom. The van der Waals surface area contributed by atoms with E-state index in [1.54, 1.807) is 30.3 Å². The Bertz CT molecular complexity index is 1090. The van der Waals surface area contributed by atoms with Crippen molar-refractivity contribution in [3.05, 3.63) is 58.4 Å². The average molecular weight is 496 g/mol. The molecule has 168 valence electrons. The van der Waals surface area contributed by atoms with Crippen LogP contribution in [0.25, 0.3) is 6.08 Å². The summed E-state index contributed by atoms with van der Waals surface area (Å²) in [5, 5.41) is 11.3. The van der Waals surface area contributed by atoms with Crippen LogP contribution in [0.4, 0.5) is 9.52 Å². The Labute approximate surface area is 197 Å². The van der Waals surface area contributed by atoms with Crippen LogP contribution in [0.3, 0.4) is 0 Å². The van der Waals surface area contributed by atoms with Crippen molar-refractivity contribution in [2.24, 2.45) is 0 Å². The van der Waals surface area contributed by atoms with Gasteiger partial charge >= 0.3 is 0 Å². The van der Waals surface area contributed by atoms with Crippen molar-refractivity contribution in [3.8, 4) is 17.2 Å². The first-order valence-corrected chi connectivity index (χ1v) is 11.3. The van der Waals surface area contributed by atoms with Gasteiger partial charge in [0.05, 0.1) is 21.3 Å². The number of hydrogen-bond acceptors (Lipinski definition) is 8. The van der Waals surface area contributed by atoms with E-state index in [1.165, 1.54) is 56.6 Å². The number of rotatable bonds is 9. The lowest BCUT2D eigenvalue weighted by molar-refractivity contribution is -0.111. The predicted molar refractivity (Wildman–Crippen MR) is 125 cm³/mol. The van der Waals surface area contributed by atoms with Crippen molar-refractivity contribution in [1.29, 1.82) is 0 Å². The lowest BCUT2D eigenvalue weighted by Crippen LogP contribution is -2.07. The van der Waals surface area contributed by atoms with E-state index in [0.717, 1.165) is 0 Å². The number of benzene rings is 2. The number of methoxy groups -OCH3 is 3. The van der Waals surface area contributed by atoms with E-state index in [-0.39, 0.29) is 11.7 Å². The molecule has 3 aromatic rings. The van der Waals surface area contributed by atoms with Crippen LogP contribution in [0.1, 0.15) is 11.1 Å². The first kappa shape index (κ1) is 23.8. The van der Waals surface area contributed by atoms with Gasteiger partial charge in [0, 0.05) is 22.4 Å². The van der Waals surface area contributed by atoms with Gasteiger partial charge in [0.15, 0.2) is 15.8 Å². The Kier molecular flexibility index (Phi) is 8.32. The summed E-state index contributed by atoms with van der Waals surface area (Å²) in [7, 11) is 4.55. The second-order valence-electron chi connectivity index (χ2n) is 6.14. The van der Waals surface area contributed by atoms with E-state index < -0.39 is 0 Å². The highest BCUT2D eigenvalue weighted by atomic mass is 35.5. The maximum absolute atomic E-state index is 13.9. The molecule has 3 rings (SSSR count). The molecular formula is C21H19ClFN3O4S2. The highest BCUT2D eigenvalue weighted by molar-refractivity contribution is 8.00. The highest BCUT2D eigenvalue weighted by Crippen LogP contribution is 2.38. The van der Waals surface area contributed by atoms with Crippen LogP contribution in [-0.4, -0.2) is 37.4 Å². The summed E-state index contributed by atoms with van der Waals surface area (Å²) in [6.07, 6.45) is 2.96. The van der Waals surface area contributed by atoms with Gasteiger partial charge in [-0.05, 0) is 35.9 Å². The fourth-order valence-electron chi connectivity index (χ4n) is 2.64. The Morgan fingerprint density at radius 2 is 1.91 bits per heavy atom. The third kappa shape index (κ3) is 5.90. The second kappa shape index (κ2) is 11.2. The van der Waals surface area contributed by atoms with Crippen molar-refractivity contribution in [2.45, 2.75) is 10.1 Å². The molecule has 1 N–H and O–H groups in total. The number of hydrogen-bond donors (Lipinski definition) is 1. The molecule has 0 unspecified atom stereocenters. The van der Waals surface area contributed by atoms with Gasteiger partial charge in [0.25, 0.3) is 0 Å². The Balaban J connectivity index is 1.62. The number of nitrogens with one attached hydrogen (secondary N) is 1. The summed E-state index contributed by atoms with van der Waals surface area (Å²) < 4.78 is 30.3. The summed E-state index contributed by atoms with van der Waals surface area (Å²) >= 11 is 8.50. The first-order chi connectivity index (χ1) is 15.4. The van der Waals surface area contributed by atoms with Gasteiger partial charge in [-0.25, -0.2) is 4.39 Å².